The Morgan fingerprint density at radius 2 is 2.06 bits per heavy atom. The molecule has 0 aromatic heterocycles. The molecule has 0 saturated heterocycles. The molecule has 0 heterocycles. The fourth-order valence-electron chi connectivity index (χ4n) is 1.39. The zero-order valence-corrected chi connectivity index (χ0v) is 11.2. The van der Waals surface area contributed by atoms with Crippen molar-refractivity contribution in [1.29, 1.82) is 0 Å². The minimum atomic E-state index is 0.325. The molecule has 0 spiro atoms. The second-order valence-corrected chi connectivity index (χ2v) is 4.36. The molecule has 0 bridgehead atoms. The fraction of sp³-hybridized carbons (Fsp3) is 0.462. The summed E-state index contributed by atoms with van der Waals surface area (Å²) in [5, 5.41) is 6.74. The van der Waals surface area contributed by atoms with Gasteiger partial charge in [0.1, 0.15) is 0 Å². The van der Waals surface area contributed by atoms with E-state index in [1.165, 1.54) is 5.56 Å². The van der Waals surface area contributed by atoms with Crippen LogP contribution in [0.4, 0.5) is 0 Å². The predicted molar refractivity (Wildman–Crippen MR) is 75.0 cm³/mol. The van der Waals surface area contributed by atoms with Gasteiger partial charge >= 0.3 is 0 Å². The highest BCUT2D eigenvalue weighted by Crippen LogP contribution is 2.01. The first kappa shape index (κ1) is 13.9. The quantitative estimate of drug-likeness (QED) is 0.600. The highest BCUT2D eigenvalue weighted by Gasteiger charge is 2.02. The van der Waals surface area contributed by atoms with Gasteiger partial charge in [-0.05, 0) is 31.1 Å². The maximum atomic E-state index is 5.60. The van der Waals surface area contributed by atoms with Crippen LogP contribution in [-0.2, 0) is 11.3 Å². The van der Waals surface area contributed by atoms with Crippen molar-refractivity contribution in [2.24, 2.45) is 0 Å². The summed E-state index contributed by atoms with van der Waals surface area (Å²) < 4.78 is 5.60. The molecule has 0 saturated carbocycles. The Hall–Kier alpha value is -1.13. The smallest absolute Gasteiger partial charge is 0.166 e. The van der Waals surface area contributed by atoms with Gasteiger partial charge in [0.2, 0.25) is 0 Å². The van der Waals surface area contributed by atoms with Crippen molar-refractivity contribution in [2.75, 3.05) is 13.7 Å². The Bertz CT molecular complexity index is 329. The Labute approximate surface area is 109 Å². The highest BCUT2D eigenvalue weighted by atomic mass is 32.1. The Morgan fingerprint density at radius 3 is 2.71 bits per heavy atom. The van der Waals surface area contributed by atoms with Gasteiger partial charge in [-0.3, -0.25) is 0 Å². The van der Waals surface area contributed by atoms with Gasteiger partial charge in [-0.15, -0.1) is 0 Å². The summed E-state index contributed by atoms with van der Waals surface area (Å²) in [6, 6.07) is 10.5. The number of nitrogens with one attached hydrogen (secondary N) is 2. The van der Waals surface area contributed by atoms with E-state index in [0.29, 0.717) is 17.8 Å². The molecule has 0 amide bonds. The van der Waals surface area contributed by atoms with Crippen LogP contribution in [0, 0.1) is 0 Å². The lowest BCUT2D eigenvalue weighted by atomic mass is 10.2. The SMILES string of the molecule is CNC(=S)NC(C)CCOCc1ccccc1. The third kappa shape index (κ3) is 6.24. The molecule has 0 aliphatic carbocycles. The van der Waals surface area contributed by atoms with E-state index in [-0.39, 0.29) is 0 Å². The molecule has 1 atom stereocenters. The number of ether oxygens (including phenoxy) is 1. The molecular weight excluding hydrogens is 232 g/mol. The van der Waals surface area contributed by atoms with E-state index >= 15 is 0 Å². The maximum Gasteiger partial charge on any atom is 0.166 e. The van der Waals surface area contributed by atoms with Crippen molar-refractivity contribution in [1.82, 2.24) is 10.6 Å². The first-order chi connectivity index (χ1) is 8.22. The van der Waals surface area contributed by atoms with Crippen LogP contribution in [0.3, 0.4) is 0 Å². The fourth-order valence-corrected chi connectivity index (χ4v) is 1.59. The molecule has 1 aromatic rings. The summed E-state index contributed by atoms with van der Waals surface area (Å²) in [5.74, 6) is 0. The molecular formula is C13H20N2OS. The average Bonchev–Trinajstić information content (AvgIpc) is 2.36. The zero-order chi connectivity index (χ0) is 12.5. The molecule has 0 radical (unpaired) electrons. The van der Waals surface area contributed by atoms with E-state index in [9.17, 15) is 0 Å². The molecule has 1 aromatic carbocycles. The topological polar surface area (TPSA) is 33.3 Å². The lowest BCUT2D eigenvalue weighted by Crippen LogP contribution is -2.39. The number of rotatable bonds is 6. The highest BCUT2D eigenvalue weighted by molar-refractivity contribution is 7.80. The molecule has 1 unspecified atom stereocenters. The lowest BCUT2D eigenvalue weighted by molar-refractivity contribution is 0.114. The first-order valence-electron chi connectivity index (χ1n) is 5.82. The van der Waals surface area contributed by atoms with Crippen molar-refractivity contribution in [2.45, 2.75) is 26.0 Å². The molecule has 3 nitrogen and oxygen atoms in total. The zero-order valence-electron chi connectivity index (χ0n) is 10.4. The summed E-state index contributed by atoms with van der Waals surface area (Å²) in [5.41, 5.74) is 1.21. The van der Waals surface area contributed by atoms with Gasteiger partial charge in [0.05, 0.1) is 6.61 Å². The molecule has 0 aliphatic rings. The predicted octanol–water partition coefficient (Wildman–Crippen LogP) is 2.08. The van der Waals surface area contributed by atoms with E-state index in [4.69, 9.17) is 17.0 Å². The van der Waals surface area contributed by atoms with Crippen LogP contribution in [0.2, 0.25) is 0 Å². The van der Waals surface area contributed by atoms with Crippen molar-refractivity contribution >= 4 is 17.3 Å². The Morgan fingerprint density at radius 1 is 1.35 bits per heavy atom. The van der Waals surface area contributed by atoms with E-state index in [1.54, 1.807) is 0 Å². The van der Waals surface area contributed by atoms with Crippen molar-refractivity contribution in [3.63, 3.8) is 0 Å². The summed E-state index contributed by atoms with van der Waals surface area (Å²) in [7, 11) is 1.81. The van der Waals surface area contributed by atoms with Crippen LogP contribution in [-0.4, -0.2) is 24.8 Å². The van der Waals surface area contributed by atoms with Gasteiger partial charge in [0.25, 0.3) is 0 Å². The molecule has 4 heteroatoms. The van der Waals surface area contributed by atoms with Gasteiger partial charge < -0.3 is 15.4 Å². The summed E-state index contributed by atoms with van der Waals surface area (Å²) in [6.07, 6.45) is 0.939. The molecule has 0 fully saturated rings. The molecule has 17 heavy (non-hydrogen) atoms. The molecule has 1 rings (SSSR count). The minimum absolute atomic E-state index is 0.325. The van der Waals surface area contributed by atoms with E-state index in [0.717, 1.165) is 13.0 Å². The third-order valence-electron chi connectivity index (χ3n) is 2.41. The second-order valence-electron chi connectivity index (χ2n) is 3.95. The molecule has 94 valence electrons. The van der Waals surface area contributed by atoms with Crippen molar-refractivity contribution < 1.29 is 4.74 Å². The minimum Gasteiger partial charge on any atom is -0.377 e. The standard InChI is InChI=1S/C13H20N2OS/c1-11(15-13(17)14-2)8-9-16-10-12-6-4-3-5-7-12/h3-7,11H,8-10H2,1-2H3,(H2,14,15,17). The molecule has 2 N–H and O–H groups in total. The normalized spacial score (nSPS) is 11.9. The largest absolute Gasteiger partial charge is 0.377 e. The monoisotopic (exact) mass is 252 g/mol. The van der Waals surface area contributed by atoms with Crippen LogP contribution in [0.5, 0.6) is 0 Å². The molecule has 0 aliphatic heterocycles. The van der Waals surface area contributed by atoms with Gasteiger partial charge in [0, 0.05) is 19.7 Å². The Kier molecular flexibility index (Phi) is 6.58. The van der Waals surface area contributed by atoms with Gasteiger partial charge in [-0.1, -0.05) is 30.3 Å². The van der Waals surface area contributed by atoms with Gasteiger partial charge in [-0.2, -0.15) is 0 Å². The number of benzene rings is 1. The number of hydrogen-bond acceptors (Lipinski definition) is 2. The average molecular weight is 252 g/mol. The van der Waals surface area contributed by atoms with E-state index in [2.05, 4.69) is 29.7 Å². The lowest BCUT2D eigenvalue weighted by Gasteiger charge is -2.15. The van der Waals surface area contributed by atoms with Gasteiger partial charge in [0.15, 0.2) is 5.11 Å². The van der Waals surface area contributed by atoms with Crippen LogP contribution in [0.25, 0.3) is 0 Å². The maximum absolute atomic E-state index is 5.60. The number of thiocarbonyl (C=S) groups is 1. The van der Waals surface area contributed by atoms with Crippen molar-refractivity contribution in [3.05, 3.63) is 35.9 Å². The third-order valence-corrected chi connectivity index (χ3v) is 2.73. The summed E-state index contributed by atoms with van der Waals surface area (Å²) >= 11 is 5.02. The Balaban J connectivity index is 2.10. The second kappa shape index (κ2) is 8.03. The first-order valence-corrected chi connectivity index (χ1v) is 6.23. The van der Waals surface area contributed by atoms with Crippen molar-refractivity contribution in [3.8, 4) is 0 Å². The van der Waals surface area contributed by atoms with Crippen LogP contribution >= 0.6 is 12.2 Å². The van der Waals surface area contributed by atoms with Crippen LogP contribution < -0.4 is 10.6 Å². The number of hydrogen-bond donors (Lipinski definition) is 2. The summed E-state index contributed by atoms with van der Waals surface area (Å²) in [6.45, 7) is 3.49. The van der Waals surface area contributed by atoms with E-state index in [1.807, 2.05) is 25.2 Å². The van der Waals surface area contributed by atoms with E-state index < -0.39 is 0 Å². The van der Waals surface area contributed by atoms with Gasteiger partial charge in [-0.25, -0.2) is 0 Å². The van der Waals surface area contributed by atoms with Crippen LogP contribution in [0.15, 0.2) is 30.3 Å². The summed E-state index contributed by atoms with van der Waals surface area (Å²) in [4.78, 5) is 0. The van der Waals surface area contributed by atoms with Crippen LogP contribution in [0.1, 0.15) is 18.9 Å².